The molecule has 0 aliphatic heterocycles. The molecule has 0 saturated heterocycles. The maximum Gasteiger partial charge on any atom is 0.147 e. The summed E-state index contributed by atoms with van der Waals surface area (Å²) in [5, 5.41) is 3.20. The Morgan fingerprint density at radius 3 is 2.31 bits per heavy atom. The van der Waals surface area contributed by atoms with Gasteiger partial charge in [0, 0.05) is 12.0 Å². The summed E-state index contributed by atoms with van der Waals surface area (Å²) in [6, 6.07) is 0. The molecule has 13 heavy (non-hydrogen) atoms. The SMILES string of the molecule is CS(=O)(=O)CCCCNCCCN. The van der Waals surface area contributed by atoms with Crippen LogP contribution in [0.2, 0.25) is 0 Å². The van der Waals surface area contributed by atoms with Gasteiger partial charge in [-0.25, -0.2) is 8.42 Å². The fourth-order valence-corrected chi connectivity index (χ4v) is 1.69. The van der Waals surface area contributed by atoms with Gasteiger partial charge in [0.2, 0.25) is 0 Å². The van der Waals surface area contributed by atoms with Gasteiger partial charge in [0.15, 0.2) is 0 Å². The van der Waals surface area contributed by atoms with Crippen LogP contribution in [0.5, 0.6) is 0 Å². The van der Waals surface area contributed by atoms with E-state index >= 15 is 0 Å². The number of nitrogens with two attached hydrogens (primary N) is 1. The monoisotopic (exact) mass is 208 g/mol. The van der Waals surface area contributed by atoms with Gasteiger partial charge in [0.25, 0.3) is 0 Å². The largest absolute Gasteiger partial charge is 0.330 e. The summed E-state index contributed by atoms with van der Waals surface area (Å²) in [6.07, 6.45) is 3.91. The van der Waals surface area contributed by atoms with Gasteiger partial charge in [-0.15, -0.1) is 0 Å². The molecular formula is C8H20N2O2S. The summed E-state index contributed by atoms with van der Waals surface area (Å²) in [7, 11) is -2.77. The van der Waals surface area contributed by atoms with Crippen molar-refractivity contribution in [3.63, 3.8) is 0 Å². The second kappa shape index (κ2) is 7.29. The van der Waals surface area contributed by atoms with Gasteiger partial charge in [-0.1, -0.05) is 0 Å². The summed E-state index contributed by atoms with van der Waals surface area (Å²) in [5.41, 5.74) is 5.31. The minimum absolute atomic E-state index is 0.297. The predicted octanol–water partition coefficient (Wildman–Crippen LogP) is -0.250. The fraction of sp³-hybridized carbons (Fsp3) is 1.00. The standard InChI is InChI=1S/C8H20N2O2S/c1-13(11,12)8-3-2-6-10-7-4-5-9/h10H,2-9H2,1H3. The second-order valence-electron chi connectivity index (χ2n) is 3.23. The Kier molecular flexibility index (Phi) is 7.22. The van der Waals surface area contributed by atoms with E-state index in [0.29, 0.717) is 12.3 Å². The molecule has 0 fully saturated rings. The van der Waals surface area contributed by atoms with Crippen molar-refractivity contribution >= 4 is 9.84 Å². The van der Waals surface area contributed by atoms with E-state index < -0.39 is 9.84 Å². The van der Waals surface area contributed by atoms with Gasteiger partial charge in [-0.3, -0.25) is 0 Å². The molecule has 0 radical (unpaired) electrons. The van der Waals surface area contributed by atoms with Crippen LogP contribution in [-0.4, -0.2) is 40.1 Å². The highest BCUT2D eigenvalue weighted by Gasteiger charge is 2.00. The normalized spacial score (nSPS) is 11.8. The van der Waals surface area contributed by atoms with E-state index in [0.717, 1.165) is 32.4 Å². The highest BCUT2D eigenvalue weighted by molar-refractivity contribution is 7.90. The summed E-state index contributed by atoms with van der Waals surface area (Å²) in [5.74, 6) is 0.297. The molecule has 0 unspecified atom stereocenters. The molecule has 0 heterocycles. The zero-order valence-corrected chi connectivity index (χ0v) is 9.07. The number of unbranched alkanes of at least 4 members (excludes halogenated alkanes) is 1. The molecule has 0 aromatic rings. The first-order valence-corrected chi connectivity index (χ1v) is 6.71. The lowest BCUT2D eigenvalue weighted by Crippen LogP contribution is -2.19. The Labute approximate surface area is 80.8 Å². The minimum Gasteiger partial charge on any atom is -0.330 e. The molecule has 4 nitrogen and oxygen atoms in total. The topological polar surface area (TPSA) is 72.2 Å². The van der Waals surface area contributed by atoms with Gasteiger partial charge < -0.3 is 11.1 Å². The molecule has 0 aliphatic rings. The number of nitrogens with one attached hydrogen (secondary N) is 1. The van der Waals surface area contributed by atoms with E-state index in [1.165, 1.54) is 6.26 Å². The van der Waals surface area contributed by atoms with E-state index in [-0.39, 0.29) is 0 Å². The van der Waals surface area contributed by atoms with Crippen molar-refractivity contribution in [1.29, 1.82) is 0 Å². The van der Waals surface area contributed by atoms with Crippen LogP contribution in [0.3, 0.4) is 0 Å². The van der Waals surface area contributed by atoms with Crippen molar-refractivity contribution in [1.82, 2.24) is 5.32 Å². The van der Waals surface area contributed by atoms with Crippen LogP contribution in [0, 0.1) is 0 Å². The lowest BCUT2D eigenvalue weighted by atomic mass is 10.3. The molecule has 3 N–H and O–H groups in total. The molecule has 0 atom stereocenters. The molecule has 80 valence electrons. The molecule has 0 amide bonds. The fourth-order valence-electron chi connectivity index (χ4n) is 0.966. The van der Waals surface area contributed by atoms with E-state index in [1.807, 2.05) is 0 Å². The Balaban J connectivity index is 3.09. The van der Waals surface area contributed by atoms with Crippen molar-refractivity contribution in [3.05, 3.63) is 0 Å². The lowest BCUT2D eigenvalue weighted by molar-refractivity contribution is 0.589. The van der Waals surface area contributed by atoms with Crippen molar-refractivity contribution in [3.8, 4) is 0 Å². The van der Waals surface area contributed by atoms with Crippen molar-refractivity contribution in [2.75, 3.05) is 31.6 Å². The third-order valence-electron chi connectivity index (χ3n) is 1.68. The summed E-state index contributed by atoms with van der Waals surface area (Å²) < 4.78 is 21.5. The first-order chi connectivity index (χ1) is 6.06. The highest BCUT2D eigenvalue weighted by atomic mass is 32.2. The van der Waals surface area contributed by atoms with Crippen molar-refractivity contribution in [2.24, 2.45) is 5.73 Å². The molecule has 0 rings (SSSR count). The number of hydrogen-bond donors (Lipinski definition) is 2. The predicted molar refractivity (Wildman–Crippen MR) is 55.5 cm³/mol. The van der Waals surface area contributed by atoms with Crippen molar-refractivity contribution in [2.45, 2.75) is 19.3 Å². The maximum atomic E-state index is 10.7. The summed E-state index contributed by atoms with van der Waals surface area (Å²) in [4.78, 5) is 0. The van der Waals surface area contributed by atoms with Crippen LogP contribution in [0.1, 0.15) is 19.3 Å². The van der Waals surface area contributed by atoms with E-state index in [4.69, 9.17) is 5.73 Å². The average molecular weight is 208 g/mol. The van der Waals surface area contributed by atoms with Crippen LogP contribution in [0.4, 0.5) is 0 Å². The summed E-state index contributed by atoms with van der Waals surface area (Å²) >= 11 is 0. The van der Waals surface area contributed by atoms with Crippen LogP contribution in [-0.2, 0) is 9.84 Å². The van der Waals surface area contributed by atoms with E-state index in [2.05, 4.69) is 5.32 Å². The second-order valence-corrected chi connectivity index (χ2v) is 5.49. The molecule has 0 aliphatic carbocycles. The number of hydrogen-bond acceptors (Lipinski definition) is 4. The lowest BCUT2D eigenvalue weighted by Gasteiger charge is -2.02. The van der Waals surface area contributed by atoms with E-state index in [9.17, 15) is 8.42 Å². The quantitative estimate of drug-likeness (QED) is 0.540. The van der Waals surface area contributed by atoms with Gasteiger partial charge in [-0.05, 0) is 38.9 Å². The third-order valence-corrected chi connectivity index (χ3v) is 2.71. The Bertz CT molecular complexity index is 202. The number of rotatable bonds is 8. The molecule has 0 aromatic heterocycles. The molecule has 0 spiro atoms. The molecule has 0 bridgehead atoms. The zero-order chi connectivity index (χ0) is 10.2. The van der Waals surface area contributed by atoms with Crippen LogP contribution < -0.4 is 11.1 Å². The summed E-state index contributed by atoms with van der Waals surface area (Å²) in [6.45, 7) is 2.52. The van der Waals surface area contributed by atoms with Crippen LogP contribution in [0.25, 0.3) is 0 Å². The van der Waals surface area contributed by atoms with Crippen LogP contribution >= 0.6 is 0 Å². The first kappa shape index (κ1) is 12.9. The Morgan fingerprint density at radius 1 is 1.15 bits per heavy atom. The van der Waals surface area contributed by atoms with Gasteiger partial charge in [0.1, 0.15) is 9.84 Å². The molecule has 5 heteroatoms. The maximum absolute atomic E-state index is 10.7. The zero-order valence-electron chi connectivity index (χ0n) is 8.25. The Hall–Kier alpha value is -0.130. The van der Waals surface area contributed by atoms with Crippen LogP contribution in [0.15, 0.2) is 0 Å². The molecular weight excluding hydrogens is 188 g/mol. The third kappa shape index (κ3) is 11.9. The van der Waals surface area contributed by atoms with Gasteiger partial charge >= 0.3 is 0 Å². The van der Waals surface area contributed by atoms with Gasteiger partial charge in [0.05, 0.1) is 0 Å². The highest BCUT2D eigenvalue weighted by Crippen LogP contribution is 1.92. The first-order valence-electron chi connectivity index (χ1n) is 4.65. The smallest absolute Gasteiger partial charge is 0.147 e. The average Bonchev–Trinajstić information content (AvgIpc) is 2.01. The van der Waals surface area contributed by atoms with E-state index in [1.54, 1.807) is 0 Å². The van der Waals surface area contributed by atoms with Crippen molar-refractivity contribution < 1.29 is 8.42 Å². The number of sulfone groups is 1. The Morgan fingerprint density at radius 2 is 1.77 bits per heavy atom. The molecule has 0 saturated carbocycles. The van der Waals surface area contributed by atoms with Gasteiger partial charge in [-0.2, -0.15) is 0 Å². The molecule has 0 aromatic carbocycles. The minimum atomic E-state index is -2.77.